The van der Waals surface area contributed by atoms with Crippen molar-refractivity contribution in [2.75, 3.05) is 5.32 Å². The van der Waals surface area contributed by atoms with Gasteiger partial charge in [0, 0.05) is 29.1 Å². The van der Waals surface area contributed by atoms with Crippen molar-refractivity contribution in [1.82, 2.24) is 20.5 Å². The van der Waals surface area contributed by atoms with Crippen molar-refractivity contribution in [1.29, 1.82) is 0 Å². The zero-order chi connectivity index (χ0) is 24.7. The summed E-state index contributed by atoms with van der Waals surface area (Å²) < 4.78 is 5.36. The van der Waals surface area contributed by atoms with Gasteiger partial charge in [-0.05, 0) is 17.2 Å². The van der Waals surface area contributed by atoms with Crippen LogP contribution >= 0.6 is 11.3 Å². The van der Waals surface area contributed by atoms with Crippen LogP contribution in [-0.4, -0.2) is 33.2 Å². The molecule has 0 unspecified atom stereocenters. The second-order valence-electron chi connectivity index (χ2n) is 8.09. The van der Waals surface area contributed by atoms with E-state index in [4.69, 9.17) is 4.74 Å². The number of H-pyrrole nitrogens is 1. The Morgan fingerprint density at radius 1 is 0.917 bits per heavy atom. The minimum absolute atomic E-state index is 0.102. The van der Waals surface area contributed by atoms with Gasteiger partial charge in [-0.1, -0.05) is 90.2 Å². The zero-order valence-corrected chi connectivity index (χ0v) is 20.0. The fraction of sp³-hybridized carbons (Fsp3) is 0.111. The van der Waals surface area contributed by atoms with Gasteiger partial charge >= 0.3 is 6.09 Å². The van der Waals surface area contributed by atoms with Crippen LogP contribution in [0.1, 0.15) is 11.1 Å². The van der Waals surface area contributed by atoms with Crippen LogP contribution in [0.2, 0.25) is 0 Å². The molecule has 3 aromatic carbocycles. The lowest BCUT2D eigenvalue weighted by atomic mass is 10.0. The van der Waals surface area contributed by atoms with E-state index in [9.17, 15) is 9.59 Å². The average Bonchev–Trinajstić information content (AvgIpc) is 3.55. The Kier molecular flexibility index (Phi) is 7.00. The summed E-state index contributed by atoms with van der Waals surface area (Å²) in [7, 11) is 0. The number of benzene rings is 3. The Morgan fingerprint density at radius 3 is 2.44 bits per heavy atom. The zero-order valence-electron chi connectivity index (χ0n) is 19.2. The Balaban J connectivity index is 1.31. The molecule has 0 spiro atoms. The van der Waals surface area contributed by atoms with Gasteiger partial charge in [0.2, 0.25) is 11.0 Å². The molecule has 8 nitrogen and oxygen atoms in total. The van der Waals surface area contributed by atoms with Gasteiger partial charge in [0.1, 0.15) is 17.7 Å². The van der Waals surface area contributed by atoms with Crippen LogP contribution in [0.25, 0.3) is 21.5 Å². The van der Waals surface area contributed by atoms with Crippen LogP contribution in [0.5, 0.6) is 0 Å². The topological polar surface area (TPSA) is 109 Å². The fourth-order valence-corrected chi connectivity index (χ4v) is 4.55. The smallest absolute Gasteiger partial charge is 0.408 e. The number of carbonyl (C=O) groups excluding carboxylic acids is 2. The van der Waals surface area contributed by atoms with Crippen LogP contribution < -0.4 is 10.6 Å². The number of fused-ring (bicyclic) bond motifs is 1. The van der Waals surface area contributed by atoms with Crippen LogP contribution in [-0.2, 0) is 22.6 Å². The highest BCUT2D eigenvalue weighted by Crippen LogP contribution is 2.26. The van der Waals surface area contributed by atoms with Crippen LogP contribution in [0.3, 0.4) is 0 Å². The molecule has 1 atom stereocenters. The number of amides is 2. The monoisotopic (exact) mass is 497 g/mol. The Morgan fingerprint density at radius 2 is 1.64 bits per heavy atom. The van der Waals surface area contributed by atoms with E-state index < -0.39 is 18.0 Å². The molecule has 0 saturated carbocycles. The predicted octanol–water partition coefficient (Wildman–Crippen LogP) is 5.16. The summed E-state index contributed by atoms with van der Waals surface area (Å²) in [6.07, 6.45) is 1.43. The molecular formula is C27H23N5O3S. The second kappa shape index (κ2) is 10.8. The van der Waals surface area contributed by atoms with E-state index >= 15 is 0 Å². The van der Waals surface area contributed by atoms with Gasteiger partial charge in [-0.15, -0.1) is 10.2 Å². The number of aromatic nitrogens is 3. The summed E-state index contributed by atoms with van der Waals surface area (Å²) in [5.41, 5.74) is 3.62. The highest BCUT2D eigenvalue weighted by atomic mass is 32.1. The molecular weight excluding hydrogens is 474 g/mol. The number of para-hydroxylation sites is 1. The molecule has 36 heavy (non-hydrogen) atoms. The number of hydrogen-bond donors (Lipinski definition) is 3. The van der Waals surface area contributed by atoms with Crippen molar-refractivity contribution >= 4 is 39.4 Å². The predicted molar refractivity (Wildman–Crippen MR) is 140 cm³/mol. The maximum atomic E-state index is 13.3. The van der Waals surface area contributed by atoms with E-state index in [1.54, 1.807) is 0 Å². The summed E-state index contributed by atoms with van der Waals surface area (Å²) in [6, 6.07) is 25.9. The summed E-state index contributed by atoms with van der Waals surface area (Å²) >= 11 is 1.26. The first-order valence-electron chi connectivity index (χ1n) is 11.4. The normalized spacial score (nSPS) is 11.7. The average molecular weight is 498 g/mol. The van der Waals surface area contributed by atoms with Gasteiger partial charge in [-0.25, -0.2) is 4.79 Å². The number of nitrogens with zero attached hydrogens (tertiary/aromatic N) is 2. The first-order chi connectivity index (χ1) is 17.7. The second-order valence-corrected chi connectivity index (χ2v) is 9.07. The molecule has 9 heteroatoms. The summed E-state index contributed by atoms with van der Waals surface area (Å²) in [5.74, 6) is -0.410. The molecule has 0 aliphatic rings. The number of hydrogen-bond acceptors (Lipinski definition) is 6. The number of carbonyl (C=O) groups is 2. The van der Waals surface area contributed by atoms with Crippen molar-refractivity contribution in [2.45, 2.75) is 19.1 Å². The minimum atomic E-state index is -0.892. The third-order valence-corrected chi connectivity index (χ3v) is 6.48. The van der Waals surface area contributed by atoms with E-state index in [1.807, 2.05) is 91.1 Å². The first kappa shape index (κ1) is 23.3. The van der Waals surface area contributed by atoms with Crippen LogP contribution in [0.15, 0.2) is 91.1 Å². The molecule has 0 radical (unpaired) electrons. The van der Waals surface area contributed by atoms with Crippen molar-refractivity contribution in [3.8, 4) is 10.6 Å². The minimum Gasteiger partial charge on any atom is -0.445 e. The lowest BCUT2D eigenvalue weighted by Gasteiger charge is -2.17. The summed E-state index contributed by atoms with van der Waals surface area (Å²) in [6.45, 7) is 0.102. The molecule has 2 amide bonds. The highest BCUT2D eigenvalue weighted by molar-refractivity contribution is 7.18. The van der Waals surface area contributed by atoms with Crippen LogP contribution in [0, 0.1) is 0 Å². The molecule has 5 aromatic rings. The highest BCUT2D eigenvalue weighted by Gasteiger charge is 2.25. The third-order valence-electron chi connectivity index (χ3n) is 5.60. The van der Waals surface area contributed by atoms with E-state index in [0.29, 0.717) is 10.1 Å². The van der Waals surface area contributed by atoms with E-state index in [0.717, 1.165) is 27.6 Å². The molecule has 5 rings (SSSR count). The number of ether oxygens (including phenoxy) is 1. The lowest BCUT2D eigenvalue weighted by Crippen LogP contribution is -2.45. The van der Waals surface area contributed by atoms with Gasteiger partial charge < -0.3 is 15.0 Å². The number of aromatic amines is 1. The molecule has 3 N–H and O–H groups in total. The maximum Gasteiger partial charge on any atom is 0.408 e. The lowest BCUT2D eigenvalue weighted by molar-refractivity contribution is -0.118. The Hall–Kier alpha value is -4.50. The van der Waals surface area contributed by atoms with Gasteiger partial charge in [-0.2, -0.15) is 0 Å². The SMILES string of the molecule is O=C(N[C@@H](Cc1c[nH]c2ccccc12)C(=O)Nc1nnc(-c2ccccc2)s1)OCc1ccccc1. The van der Waals surface area contributed by atoms with Gasteiger partial charge in [0.15, 0.2) is 0 Å². The molecule has 0 fully saturated rings. The van der Waals surface area contributed by atoms with Crippen molar-refractivity contribution < 1.29 is 14.3 Å². The molecule has 180 valence electrons. The standard InChI is InChI=1S/C27H23N5O3S/c33-24(30-26-32-31-25(36-26)19-11-5-2-6-12-19)23(15-20-16-28-22-14-8-7-13-21(20)22)29-27(34)35-17-18-9-3-1-4-10-18/h1-14,16,23,28H,15,17H2,(H,29,34)(H,30,32,33)/t23-/m0/s1. The molecule has 0 bridgehead atoms. The summed E-state index contributed by atoms with van der Waals surface area (Å²) in [4.78, 5) is 29.1. The Bertz CT molecular complexity index is 1470. The van der Waals surface area contributed by atoms with E-state index in [1.165, 1.54) is 11.3 Å². The van der Waals surface area contributed by atoms with Crippen LogP contribution in [0.4, 0.5) is 9.93 Å². The van der Waals surface area contributed by atoms with Crippen molar-refractivity contribution in [3.63, 3.8) is 0 Å². The number of rotatable bonds is 8. The van der Waals surface area contributed by atoms with Gasteiger partial charge in [0.05, 0.1) is 0 Å². The first-order valence-corrected chi connectivity index (χ1v) is 12.2. The van der Waals surface area contributed by atoms with Crippen molar-refractivity contribution in [3.05, 3.63) is 102 Å². The fourth-order valence-electron chi connectivity index (χ4n) is 3.80. The van der Waals surface area contributed by atoms with E-state index in [-0.39, 0.29) is 13.0 Å². The Labute approximate surface area is 211 Å². The molecule has 2 aromatic heterocycles. The van der Waals surface area contributed by atoms with Crippen molar-refractivity contribution in [2.24, 2.45) is 0 Å². The maximum absolute atomic E-state index is 13.3. The summed E-state index contributed by atoms with van der Waals surface area (Å²) in [5, 5.41) is 15.8. The third kappa shape index (κ3) is 5.59. The molecule has 2 heterocycles. The largest absolute Gasteiger partial charge is 0.445 e. The molecule has 0 aliphatic carbocycles. The van der Waals surface area contributed by atoms with Gasteiger partial charge in [-0.3, -0.25) is 10.1 Å². The quantitative estimate of drug-likeness (QED) is 0.274. The number of alkyl carbamates (subject to hydrolysis) is 1. The number of anilines is 1. The van der Waals surface area contributed by atoms with Gasteiger partial charge in [0.25, 0.3) is 0 Å². The molecule has 0 saturated heterocycles. The number of nitrogens with one attached hydrogen (secondary N) is 3. The molecule has 0 aliphatic heterocycles. The van der Waals surface area contributed by atoms with E-state index in [2.05, 4.69) is 25.8 Å².